The van der Waals surface area contributed by atoms with E-state index < -0.39 is 6.10 Å². The zero-order valence-electron chi connectivity index (χ0n) is 20.9. The van der Waals surface area contributed by atoms with Gasteiger partial charge in [0.15, 0.2) is 0 Å². The Hall–Kier alpha value is -1.95. The van der Waals surface area contributed by atoms with Crippen molar-refractivity contribution in [1.82, 2.24) is 10.6 Å². The molecule has 0 unspecified atom stereocenters. The highest BCUT2D eigenvalue weighted by Gasteiger charge is 2.54. The van der Waals surface area contributed by atoms with Gasteiger partial charge in [-0.15, -0.1) is 0 Å². The van der Waals surface area contributed by atoms with E-state index in [4.69, 9.17) is 0 Å². The highest BCUT2D eigenvalue weighted by molar-refractivity contribution is 5.94. The van der Waals surface area contributed by atoms with Crippen molar-refractivity contribution in [3.8, 4) is 0 Å². The fraction of sp³-hybridized carbons (Fsp3) is 0.714. The van der Waals surface area contributed by atoms with Crippen LogP contribution in [0.5, 0.6) is 0 Å². The van der Waals surface area contributed by atoms with Gasteiger partial charge in [0, 0.05) is 23.6 Å². The molecular formula is C28H41FN2O3. The quantitative estimate of drug-likeness (QED) is 0.574. The van der Waals surface area contributed by atoms with Crippen molar-refractivity contribution in [3.63, 3.8) is 0 Å². The van der Waals surface area contributed by atoms with Gasteiger partial charge >= 0.3 is 0 Å². The number of fused-ring (bicyclic) bond motifs is 1. The predicted octanol–water partition coefficient (Wildman–Crippen LogP) is 4.83. The number of rotatable bonds is 5. The van der Waals surface area contributed by atoms with E-state index in [1.165, 1.54) is 43.5 Å². The normalized spacial score (nSPS) is 35.1. The van der Waals surface area contributed by atoms with Crippen LogP contribution in [0.25, 0.3) is 0 Å². The van der Waals surface area contributed by atoms with Crippen molar-refractivity contribution in [1.29, 1.82) is 0 Å². The third-order valence-corrected chi connectivity index (χ3v) is 9.32. The second-order valence-electron chi connectivity index (χ2n) is 11.5. The summed E-state index contributed by atoms with van der Waals surface area (Å²) in [6, 6.07) is 5.81. The minimum Gasteiger partial charge on any atom is -0.392 e. The SMILES string of the molecule is C[C@@H]1[C@@H]2[C@@H](O)[C@H]([C@H](C)C(=O)NC3CCCCC3)CC[C@]2(C)CC[C@@H]1NC(=O)c1ccc(F)cc1. The van der Waals surface area contributed by atoms with E-state index in [2.05, 4.69) is 24.5 Å². The van der Waals surface area contributed by atoms with Crippen molar-refractivity contribution < 1.29 is 19.1 Å². The Kier molecular flexibility index (Phi) is 7.66. The second-order valence-corrected chi connectivity index (χ2v) is 11.5. The summed E-state index contributed by atoms with van der Waals surface area (Å²) in [6.45, 7) is 6.35. The molecule has 3 saturated carbocycles. The Morgan fingerprint density at radius 3 is 2.35 bits per heavy atom. The molecule has 3 aliphatic rings. The average molecular weight is 473 g/mol. The average Bonchev–Trinajstić information content (AvgIpc) is 2.81. The van der Waals surface area contributed by atoms with Crippen molar-refractivity contribution >= 4 is 11.8 Å². The summed E-state index contributed by atoms with van der Waals surface area (Å²) in [5.74, 6) is -0.709. The number of aliphatic hydroxyl groups excluding tert-OH is 1. The number of carbonyl (C=O) groups is 2. The lowest BCUT2D eigenvalue weighted by Gasteiger charge is -2.56. The molecule has 2 amide bonds. The summed E-state index contributed by atoms with van der Waals surface area (Å²) < 4.78 is 13.2. The van der Waals surface area contributed by atoms with Crippen molar-refractivity contribution in [2.24, 2.45) is 29.1 Å². The van der Waals surface area contributed by atoms with Crippen LogP contribution < -0.4 is 10.6 Å². The topological polar surface area (TPSA) is 78.4 Å². The van der Waals surface area contributed by atoms with Gasteiger partial charge in [-0.05, 0) is 86.0 Å². The van der Waals surface area contributed by atoms with Crippen LogP contribution in [0, 0.1) is 34.9 Å². The van der Waals surface area contributed by atoms with Crippen LogP contribution in [0.15, 0.2) is 24.3 Å². The Morgan fingerprint density at radius 1 is 1.03 bits per heavy atom. The van der Waals surface area contributed by atoms with Gasteiger partial charge < -0.3 is 15.7 Å². The van der Waals surface area contributed by atoms with Crippen molar-refractivity contribution in [3.05, 3.63) is 35.6 Å². The standard InChI is InChI=1S/C28H41FN2O3/c1-17(26(33)30-21-7-5-4-6-8-21)22-13-15-28(3)16-14-23(18(2)24(28)25(22)32)31-27(34)19-9-11-20(29)12-10-19/h9-12,17-18,21-25,32H,4-8,13-16H2,1-3H3,(H,30,33)(H,31,34)/t17-,18-,22-,23-,24+,25-,28+/m0/s1. The van der Waals surface area contributed by atoms with Crippen LogP contribution in [0.2, 0.25) is 0 Å². The number of benzene rings is 1. The Balaban J connectivity index is 1.43. The minimum atomic E-state index is -0.577. The molecular weight excluding hydrogens is 431 g/mol. The van der Waals surface area contributed by atoms with Gasteiger partial charge in [-0.2, -0.15) is 0 Å². The first-order valence-electron chi connectivity index (χ1n) is 13.2. The molecule has 0 aliphatic heterocycles. The molecule has 188 valence electrons. The van der Waals surface area contributed by atoms with Gasteiger partial charge in [-0.25, -0.2) is 4.39 Å². The number of hydrogen-bond acceptors (Lipinski definition) is 3. The number of hydrogen-bond donors (Lipinski definition) is 3. The zero-order chi connectivity index (χ0) is 24.5. The molecule has 3 N–H and O–H groups in total. The minimum absolute atomic E-state index is 0.00595. The highest BCUT2D eigenvalue weighted by Crippen LogP contribution is 2.55. The summed E-state index contributed by atoms with van der Waals surface area (Å²) in [7, 11) is 0. The van der Waals surface area contributed by atoms with Crippen LogP contribution in [-0.4, -0.2) is 35.1 Å². The lowest BCUT2D eigenvalue weighted by atomic mass is 9.51. The number of aliphatic hydroxyl groups is 1. The third-order valence-electron chi connectivity index (χ3n) is 9.32. The van der Waals surface area contributed by atoms with Gasteiger partial charge in [0.05, 0.1) is 6.10 Å². The van der Waals surface area contributed by atoms with Crippen molar-refractivity contribution in [2.45, 2.75) is 96.7 Å². The molecule has 7 atom stereocenters. The van der Waals surface area contributed by atoms with Crippen LogP contribution in [0.4, 0.5) is 4.39 Å². The van der Waals surface area contributed by atoms with E-state index in [0.29, 0.717) is 5.56 Å². The molecule has 5 nitrogen and oxygen atoms in total. The molecule has 0 aromatic heterocycles. The summed E-state index contributed by atoms with van der Waals surface area (Å²) in [6.07, 6.45) is 8.77. The Labute approximate surface area is 203 Å². The van der Waals surface area contributed by atoms with E-state index in [1.54, 1.807) is 0 Å². The number of nitrogens with one attached hydrogen (secondary N) is 2. The molecule has 3 aliphatic carbocycles. The highest BCUT2D eigenvalue weighted by atomic mass is 19.1. The fourth-order valence-corrected chi connectivity index (χ4v) is 7.12. The van der Waals surface area contributed by atoms with E-state index in [0.717, 1.165) is 38.5 Å². The fourth-order valence-electron chi connectivity index (χ4n) is 7.12. The first-order valence-corrected chi connectivity index (χ1v) is 13.2. The molecule has 1 aromatic rings. The summed E-state index contributed by atoms with van der Waals surface area (Å²) in [5, 5.41) is 18.0. The number of amides is 2. The van der Waals surface area contributed by atoms with E-state index in [1.807, 2.05) is 6.92 Å². The summed E-state index contributed by atoms with van der Waals surface area (Å²) in [4.78, 5) is 25.9. The molecule has 0 radical (unpaired) electrons. The van der Waals surface area contributed by atoms with E-state index >= 15 is 0 Å². The van der Waals surface area contributed by atoms with Gasteiger partial charge in [0.1, 0.15) is 5.82 Å². The second kappa shape index (κ2) is 10.3. The summed E-state index contributed by atoms with van der Waals surface area (Å²) in [5.41, 5.74) is 0.448. The van der Waals surface area contributed by atoms with Crippen molar-refractivity contribution in [2.75, 3.05) is 0 Å². The van der Waals surface area contributed by atoms with Gasteiger partial charge in [-0.3, -0.25) is 9.59 Å². The van der Waals surface area contributed by atoms with Gasteiger partial charge in [-0.1, -0.05) is 40.0 Å². The van der Waals surface area contributed by atoms with Crippen LogP contribution in [0.1, 0.15) is 88.9 Å². The summed E-state index contributed by atoms with van der Waals surface area (Å²) >= 11 is 0. The first kappa shape index (κ1) is 25.2. The Morgan fingerprint density at radius 2 is 1.68 bits per heavy atom. The Bertz CT molecular complexity index is 869. The van der Waals surface area contributed by atoms with Crippen LogP contribution in [-0.2, 0) is 4.79 Å². The van der Waals surface area contributed by atoms with Gasteiger partial charge in [0.25, 0.3) is 5.91 Å². The van der Waals surface area contributed by atoms with E-state index in [-0.39, 0.29) is 58.8 Å². The molecule has 0 saturated heterocycles. The largest absolute Gasteiger partial charge is 0.392 e. The molecule has 1 aromatic carbocycles. The molecule has 34 heavy (non-hydrogen) atoms. The molecule has 0 bridgehead atoms. The molecule has 4 rings (SSSR count). The third kappa shape index (κ3) is 5.17. The molecule has 3 fully saturated rings. The molecule has 0 spiro atoms. The number of carbonyl (C=O) groups excluding carboxylic acids is 2. The predicted molar refractivity (Wildman–Crippen MR) is 131 cm³/mol. The monoisotopic (exact) mass is 472 g/mol. The molecule has 6 heteroatoms. The van der Waals surface area contributed by atoms with Gasteiger partial charge in [0.2, 0.25) is 5.91 Å². The first-order chi connectivity index (χ1) is 16.2. The molecule has 0 heterocycles. The lowest BCUT2D eigenvalue weighted by Crippen LogP contribution is -2.58. The zero-order valence-corrected chi connectivity index (χ0v) is 20.9. The maximum Gasteiger partial charge on any atom is 0.251 e. The van der Waals surface area contributed by atoms with Crippen LogP contribution in [0.3, 0.4) is 0 Å². The lowest BCUT2D eigenvalue weighted by molar-refractivity contribution is -0.142. The number of halogens is 1. The maximum atomic E-state index is 13.2. The maximum absolute atomic E-state index is 13.2. The van der Waals surface area contributed by atoms with E-state index in [9.17, 15) is 19.1 Å². The van der Waals surface area contributed by atoms with Crippen LogP contribution >= 0.6 is 0 Å². The smallest absolute Gasteiger partial charge is 0.251 e.